The van der Waals surface area contributed by atoms with Crippen molar-refractivity contribution < 1.29 is 17.9 Å². The second-order valence-electron chi connectivity index (χ2n) is 7.70. The second-order valence-corrected chi connectivity index (χ2v) is 10.6. The number of amides is 1. The monoisotopic (exact) mass is 408 g/mol. The molecule has 0 aliphatic carbocycles. The average molecular weight is 409 g/mol. The molecular formula is C19H24N2O4S2. The lowest BCUT2D eigenvalue weighted by molar-refractivity contribution is -0.127. The number of carbonyl (C=O) groups excluding carboxylic acids is 1. The standard InChI is InChI=1S/C19H24N2O4S2/c1-13(2)11-21-15-8-7-14(20-27(23,24)17-6-5-9-26-17)10-16(15)25-12-19(3,4)18(21)22/h5-10,13,20H,11-12H2,1-4H3. The molecule has 0 saturated heterocycles. The molecule has 1 aliphatic heterocycles. The maximum Gasteiger partial charge on any atom is 0.271 e. The molecule has 0 unspecified atom stereocenters. The molecule has 6 nitrogen and oxygen atoms in total. The molecule has 1 aliphatic rings. The lowest BCUT2D eigenvalue weighted by Crippen LogP contribution is -2.43. The van der Waals surface area contributed by atoms with Gasteiger partial charge in [0.15, 0.2) is 0 Å². The highest BCUT2D eigenvalue weighted by Gasteiger charge is 2.38. The van der Waals surface area contributed by atoms with Gasteiger partial charge in [0.05, 0.1) is 16.8 Å². The van der Waals surface area contributed by atoms with Crippen molar-refractivity contribution in [3.63, 3.8) is 0 Å². The zero-order chi connectivity index (χ0) is 19.8. The molecule has 1 amide bonds. The number of nitrogens with one attached hydrogen (secondary N) is 1. The van der Waals surface area contributed by atoms with Gasteiger partial charge in [0.1, 0.15) is 16.6 Å². The van der Waals surface area contributed by atoms with Crippen LogP contribution in [-0.4, -0.2) is 27.5 Å². The number of nitrogens with zero attached hydrogens (tertiary/aromatic N) is 1. The van der Waals surface area contributed by atoms with E-state index in [1.54, 1.807) is 40.6 Å². The molecule has 146 valence electrons. The normalized spacial score (nSPS) is 16.6. The van der Waals surface area contributed by atoms with Gasteiger partial charge in [0.2, 0.25) is 5.91 Å². The fraction of sp³-hybridized carbons (Fsp3) is 0.421. The second kappa shape index (κ2) is 7.16. The zero-order valence-corrected chi connectivity index (χ0v) is 17.5. The average Bonchev–Trinajstić information content (AvgIpc) is 3.10. The van der Waals surface area contributed by atoms with E-state index >= 15 is 0 Å². The van der Waals surface area contributed by atoms with Gasteiger partial charge < -0.3 is 9.64 Å². The van der Waals surface area contributed by atoms with Crippen molar-refractivity contribution in [2.75, 3.05) is 22.8 Å². The minimum Gasteiger partial charge on any atom is -0.490 e. The highest BCUT2D eigenvalue weighted by molar-refractivity contribution is 7.94. The van der Waals surface area contributed by atoms with Crippen LogP contribution in [0.2, 0.25) is 0 Å². The number of carbonyl (C=O) groups is 1. The van der Waals surface area contributed by atoms with E-state index < -0.39 is 15.4 Å². The van der Waals surface area contributed by atoms with E-state index in [2.05, 4.69) is 18.6 Å². The summed E-state index contributed by atoms with van der Waals surface area (Å²) < 4.78 is 33.6. The minimum atomic E-state index is -3.64. The van der Waals surface area contributed by atoms with Gasteiger partial charge in [0.25, 0.3) is 10.0 Å². The first kappa shape index (κ1) is 19.7. The van der Waals surface area contributed by atoms with Crippen molar-refractivity contribution in [3.05, 3.63) is 35.7 Å². The molecule has 0 atom stereocenters. The molecular weight excluding hydrogens is 384 g/mol. The first-order valence-corrected chi connectivity index (χ1v) is 11.1. The molecule has 8 heteroatoms. The summed E-state index contributed by atoms with van der Waals surface area (Å²) in [7, 11) is -3.64. The van der Waals surface area contributed by atoms with Crippen molar-refractivity contribution in [2.24, 2.45) is 11.3 Å². The molecule has 3 rings (SSSR count). The van der Waals surface area contributed by atoms with Crippen LogP contribution >= 0.6 is 11.3 Å². The fourth-order valence-electron chi connectivity index (χ4n) is 2.88. The maximum absolute atomic E-state index is 13.0. The van der Waals surface area contributed by atoms with E-state index in [-0.39, 0.29) is 22.6 Å². The molecule has 0 fully saturated rings. The van der Waals surface area contributed by atoms with Crippen LogP contribution in [0.5, 0.6) is 5.75 Å². The van der Waals surface area contributed by atoms with Gasteiger partial charge in [-0.2, -0.15) is 0 Å². The van der Waals surface area contributed by atoms with Crippen LogP contribution in [0.15, 0.2) is 39.9 Å². The molecule has 0 bridgehead atoms. The molecule has 0 radical (unpaired) electrons. The van der Waals surface area contributed by atoms with E-state index in [4.69, 9.17) is 4.74 Å². The summed E-state index contributed by atoms with van der Waals surface area (Å²) in [6.07, 6.45) is 0. The third kappa shape index (κ3) is 4.11. The van der Waals surface area contributed by atoms with E-state index in [0.29, 0.717) is 23.7 Å². The molecule has 0 saturated carbocycles. The van der Waals surface area contributed by atoms with Crippen LogP contribution in [0.1, 0.15) is 27.7 Å². The Bertz CT molecular complexity index is 935. The van der Waals surface area contributed by atoms with Crippen LogP contribution in [0, 0.1) is 11.3 Å². The molecule has 1 aromatic heterocycles. The maximum atomic E-state index is 13.0. The van der Waals surface area contributed by atoms with E-state index in [1.165, 1.54) is 0 Å². The van der Waals surface area contributed by atoms with Crippen LogP contribution in [-0.2, 0) is 14.8 Å². The number of fused-ring (bicyclic) bond motifs is 1. The Morgan fingerprint density at radius 3 is 2.67 bits per heavy atom. The van der Waals surface area contributed by atoms with Gasteiger partial charge in [-0.1, -0.05) is 19.9 Å². The summed E-state index contributed by atoms with van der Waals surface area (Å²) in [5, 5.41) is 1.71. The van der Waals surface area contributed by atoms with Crippen LogP contribution in [0.4, 0.5) is 11.4 Å². The summed E-state index contributed by atoms with van der Waals surface area (Å²) in [6.45, 7) is 8.61. The van der Waals surface area contributed by atoms with Gasteiger partial charge in [-0.15, -0.1) is 11.3 Å². The lowest BCUT2D eigenvalue weighted by Gasteiger charge is -2.29. The Labute approximate surface area is 164 Å². The van der Waals surface area contributed by atoms with Crippen molar-refractivity contribution in [1.82, 2.24) is 0 Å². The van der Waals surface area contributed by atoms with Crippen molar-refractivity contribution >= 4 is 38.6 Å². The van der Waals surface area contributed by atoms with E-state index in [1.807, 2.05) is 13.8 Å². The van der Waals surface area contributed by atoms with E-state index in [9.17, 15) is 13.2 Å². The largest absolute Gasteiger partial charge is 0.490 e. The predicted molar refractivity (Wildman–Crippen MR) is 108 cm³/mol. The van der Waals surface area contributed by atoms with Crippen LogP contribution < -0.4 is 14.4 Å². The Balaban J connectivity index is 1.96. The Kier molecular flexibility index (Phi) is 5.22. The number of sulfonamides is 1. The van der Waals surface area contributed by atoms with Gasteiger partial charge >= 0.3 is 0 Å². The molecule has 2 aromatic rings. The Morgan fingerprint density at radius 1 is 1.30 bits per heavy atom. The Hall–Kier alpha value is -2.06. The SMILES string of the molecule is CC(C)CN1C(=O)C(C)(C)COc2cc(NS(=O)(=O)c3cccs3)ccc21. The number of thiophene rings is 1. The third-order valence-corrected chi connectivity index (χ3v) is 7.00. The Morgan fingerprint density at radius 2 is 2.04 bits per heavy atom. The minimum absolute atomic E-state index is 0.00173. The lowest BCUT2D eigenvalue weighted by atomic mass is 9.92. The van der Waals surface area contributed by atoms with Crippen LogP contribution in [0.25, 0.3) is 0 Å². The summed E-state index contributed by atoms with van der Waals surface area (Å²) >= 11 is 1.15. The predicted octanol–water partition coefficient (Wildman–Crippen LogP) is 3.96. The molecule has 27 heavy (non-hydrogen) atoms. The smallest absolute Gasteiger partial charge is 0.271 e. The van der Waals surface area contributed by atoms with Crippen molar-refractivity contribution in [1.29, 1.82) is 0 Å². The molecule has 2 heterocycles. The summed E-state index contributed by atoms with van der Waals surface area (Å²) in [4.78, 5) is 14.7. The van der Waals surface area contributed by atoms with E-state index in [0.717, 1.165) is 11.3 Å². The first-order chi connectivity index (χ1) is 12.6. The van der Waals surface area contributed by atoms with Gasteiger partial charge in [-0.05, 0) is 43.3 Å². The van der Waals surface area contributed by atoms with Gasteiger partial charge in [-0.3, -0.25) is 9.52 Å². The zero-order valence-electron chi connectivity index (χ0n) is 15.9. The molecule has 1 N–H and O–H groups in total. The van der Waals surface area contributed by atoms with Crippen LogP contribution in [0.3, 0.4) is 0 Å². The molecule has 1 aromatic carbocycles. The highest BCUT2D eigenvalue weighted by atomic mass is 32.2. The summed E-state index contributed by atoms with van der Waals surface area (Å²) in [5.41, 5.74) is 0.405. The van der Waals surface area contributed by atoms with Gasteiger partial charge in [-0.25, -0.2) is 8.42 Å². The number of hydrogen-bond acceptors (Lipinski definition) is 5. The third-order valence-electron chi connectivity index (χ3n) is 4.22. The molecule has 0 spiro atoms. The topological polar surface area (TPSA) is 75.7 Å². The number of benzene rings is 1. The van der Waals surface area contributed by atoms with Crippen molar-refractivity contribution in [3.8, 4) is 5.75 Å². The summed E-state index contributed by atoms with van der Waals surface area (Å²) in [6, 6.07) is 8.29. The number of ether oxygens (including phenoxy) is 1. The quantitative estimate of drug-likeness (QED) is 0.813. The number of rotatable bonds is 5. The number of hydrogen-bond donors (Lipinski definition) is 1. The number of anilines is 2. The first-order valence-electron chi connectivity index (χ1n) is 8.75. The highest BCUT2D eigenvalue weighted by Crippen LogP contribution is 2.39. The van der Waals surface area contributed by atoms with Crippen molar-refractivity contribution in [2.45, 2.75) is 31.9 Å². The van der Waals surface area contributed by atoms with Gasteiger partial charge in [0, 0.05) is 12.6 Å². The summed E-state index contributed by atoms with van der Waals surface area (Å²) in [5.74, 6) is 0.788. The fourth-order valence-corrected chi connectivity index (χ4v) is 4.92.